The topological polar surface area (TPSA) is 42.0 Å². The fraction of sp³-hybridized carbons (Fsp3) is 0.500. The minimum absolute atomic E-state index is 0.0604. The van der Waals surface area contributed by atoms with Crippen molar-refractivity contribution in [3.05, 3.63) is 16.6 Å². The lowest BCUT2D eigenvalue weighted by molar-refractivity contribution is -0.120. The van der Waals surface area contributed by atoms with Crippen LogP contribution in [-0.2, 0) is 11.2 Å². The molecule has 0 aliphatic rings. The minimum atomic E-state index is 0.0604. The monoisotopic (exact) mass is 216 g/mol. The van der Waals surface area contributed by atoms with Crippen LogP contribution in [0.15, 0.2) is 10.9 Å². The molecule has 13 heavy (non-hydrogen) atoms. The molecule has 0 unspecified atom stereocenters. The molecule has 0 aromatic carbocycles. The maximum atomic E-state index is 11.0. The molecule has 72 valence electrons. The van der Waals surface area contributed by atoms with Gasteiger partial charge in [0, 0.05) is 24.8 Å². The van der Waals surface area contributed by atoms with Gasteiger partial charge in [-0.1, -0.05) is 0 Å². The fourth-order valence-electron chi connectivity index (χ4n) is 0.881. The number of nitrogens with zero attached hydrogens (tertiary/aromatic N) is 1. The molecule has 0 bridgehead atoms. The van der Waals surface area contributed by atoms with Gasteiger partial charge in [0.05, 0.1) is 11.2 Å². The zero-order valence-electron chi connectivity index (χ0n) is 7.19. The quantitative estimate of drug-likeness (QED) is 0.724. The van der Waals surface area contributed by atoms with Gasteiger partial charge in [-0.3, -0.25) is 4.79 Å². The number of thiol groups is 1. The second kappa shape index (κ2) is 5.99. The first-order valence-electron chi connectivity index (χ1n) is 4.07. The highest BCUT2D eigenvalue weighted by Crippen LogP contribution is 2.00. The predicted octanol–water partition coefficient (Wildman–Crippen LogP) is 1.12. The number of carbonyl (C=O) groups excluding carboxylic acids is 1. The highest BCUT2D eigenvalue weighted by atomic mass is 32.1. The average Bonchev–Trinajstić information content (AvgIpc) is 2.57. The maximum absolute atomic E-state index is 11.0. The Labute approximate surface area is 87.0 Å². The van der Waals surface area contributed by atoms with Crippen molar-refractivity contribution >= 4 is 29.9 Å². The first kappa shape index (κ1) is 10.5. The van der Waals surface area contributed by atoms with E-state index in [4.69, 9.17) is 0 Å². The minimum Gasteiger partial charge on any atom is -0.356 e. The van der Waals surface area contributed by atoms with Crippen molar-refractivity contribution in [1.82, 2.24) is 10.3 Å². The molecule has 1 heterocycles. The van der Waals surface area contributed by atoms with Crippen LogP contribution in [0.25, 0.3) is 0 Å². The zero-order valence-corrected chi connectivity index (χ0v) is 8.90. The van der Waals surface area contributed by atoms with E-state index in [2.05, 4.69) is 22.9 Å². The van der Waals surface area contributed by atoms with E-state index in [1.54, 1.807) is 16.8 Å². The van der Waals surface area contributed by atoms with Crippen molar-refractivity contribution in [3.63, 3.8) is 0 Å². The molecule has 1 amide bonds. The summed E-state index contributed by atoms with van der Waals surface area (Å²) < 4.78 is 0. The van der Waals surface area contributed by atoms with Crippen LogP contribution in [0.2, 0.25) is 0 Å². The molecule has 1 N–H and O–H groups in total. The zero-order chi connectivity index (χ0) is 9.52. The molecule has 0 aliphatic carbocycles. The van der Waals surface area contributed by atoms with E-state index >= 15 is 0 Å². The fourth-order valence-corrected chi connectivity index (χ4v) is 1.68. The number of carbonyl (C=O) groups is 1. The molecule has 0 radical (unpaired) electrons. The summed E-state index contributed by atoms with van der Waals surface area (Å²) in [5.41, 5.74) is 2.83. The summed E-state index contributed by atoms with van der Waals surface area (Å²) in [4.78, 5) is 15.1. The summed E-state index contributed by atoms with van der Waals surface area (Å²) in [6.45, 7) is 0.663. The van der Waals surface area contributed by atoms with Crippen molar-refractivity contribution in [3.8, 4) is 0 Å². The van der Waals surface area contributed by atoms with E-state index in [-0.39, 0.29) is 5.91 Å². The number of thiazole rings is 1. The number of aromatic nitrogens is 1. The molecule has 3 nitrogen and oxygen atoms in total. The van der Waals surface area contributed by atoms with Gasteiger partial charge in [-0.2, -0.15) is 12.6 Å². The Balaban J connectivity index is 2.11. The average molecular weight is 216 g/mol. The molecule has 0 saturated heterocycles. The van der Waals surface area contributed by atoms with E-state index in [9.17, 15) is 4.79 Å². The molecule has 0 fully saturated rings. The third-order valence-corrected chi connectivity index (χ3v) is 2.38. The highest BCUT2D eigenvalue weighted by molar-refractivity contribution is 7.80. The number of amides is 1. The molecule has 0 atom stereocenters. The Kier molecular flexibility index (Phi) is 4.85. The smallest absolute Gasteiger partial charge is 0.220 e. The van der Waals surface area contributed by atoms with E-state index in [0.29, 0.717) is 18.7 Å². The molecule has 0 saturated carbocycles. The summed E-state index contributed by atoms with van der Waals surface area (Å²) in [7, 11) is 0. The summed E-state index contributed by atoms with van der Waals surface area (Å²) in [6, 6.07) is 0. The predicted molar refractivity (Wildman–Crippen MR) is 57.3 cm³/mol. The van der Waals surface area contributed by atoms with E-state index in [1.807, 2.05) is 5.38 Å². The number of nitrogens with one attached hydrogen (secondary N) is 1. The molecular weight excluding hydrogens is 204 g/mol. The van der Waals surface area contributed by atoms with Crippen LogP contribution in [0.1, 0.15) is 12.1 Å². The molecule has 5 heteroatoms. The van der Waals surface area contributed by atoms with Gasteiger partial charge in [0.2, 0.25) is 5.91 Å². The first-order chi connectivity index (χ1) is 6.33. The largest absolute Gasteiger partial charge is 0.356 e. The molecular formula is C8H12N2OS2. The SMILES string of the molecule is O=C(CCS)NCCc1cscn1. The van der Waals surface area contributed by atoms with Crippen LogP contribution in [0.3, 0.4) is 0 Å². The van der Waals surface area contributed by atoms with Crippen molar-refractivity contribution in [2.75, 3.05) is 12.3 Å². The molecule has 0 aliphatic heterocycles. The third kappa shape index (κ3) is 4.28. The Hall–Kier alpha value is -0.550. The van der Waals surface area contributed by atoms with Crippen molar-refractivity contribution in [1.29, 1.82) is 0 Å². The van der Waals surface area contributed by atoms with Crippen LogP contribution in [-0.4, -0.2) is 23.2 Å². The second-order valence-corrected chi connectivity index (χ2v) is 3.72. The lowest BCUT2D eigenvalue weighted by Crippen LogP contribution is -2.25. The van der Waals surface area contributed by atoms with Crippen molar-refractivity contribution < 1.29 is 4.79 Å². The van der Waals surface area contributed by atoms with E-state index in [1.165, 1.54) is 0 Å². The van der Waals surface area contributed by atoms with Gasteiger partial charge in [0.1, 0.15) is 0 Å². The van der Waals surface area contributed by atoms with Gasteiger partial charge in [-0.05, 0) is 5.75 Å². The number of hydrogen-bond donors (Lipinski definition) is 2. The lowest BCUT2D eigenvalue weighted by atomic mass is 10.3. The van der Waals surface area contributed by atoms with Gasteiger partial charge in [0.25, 0.3) is 0 Å². The maximum Gasteiger partial charge on any atom is 0.220 e. The molecule has 1 aromatic rings. The Morgan fingerprint density at radius 3 is 3.15 bits per heavy atom. The molecule has 1 rings (SSSR count). The summed E-state index contributed by atoms with van der Waals surface area (Å²) >= 11 is 5.54. The van der Waals surface area contributed by atoms with E-state index < -0.39 is 0 Å². The Morgan fingerprint density at radius 2 is 2.54 bits per heavy atom. The van der Waals surface area contributed by atoms with Gasteiger partial charge in [-0.25, -0.2) is 4.98 Å². The van der Waals surface area contributed by atoms with Crippen LogP contribution in [0, 0.1) is 0 Å². The van der Waals surface area contributed by atoms with Crippen LogP contribution in [0.4, 0.5) is 0 Å². The molecule has 1 aromatic heterocycles. The number of rotatable bonds is 5. The summed E-state index contributed by atoms with van der Waals surface area (Å²) in [5, 5.41) is 4.79. The highest BCUT2D eigenvalue weighted by Gasteiger charge is 1.99. The van der Waals surface area contributed by atoms with E-state index in [0.717, 1.165) is 12.1 Å². The van der Waals surface area contributed by atoms with Crippen molar-refractivity contribution in [2.24, 2.45) is 0 Å². The Bertz CT molecular complexity index is 249. The second-order valence-electron chi connectivity index (χ2n) is 2.55. The summed E-state index contributed by atoms with van der Waals surface area (Å²) in [5.74, 6) is 0.660. The third-order valence-electron chi connectivity index (χ3n) is 1.53. The summed E-state index contributed by atoms with van der Waals surface area (Å²) in [6.07, 6.45) is 1.29. The van der Waals surface area contributed by atoms with Gasteiger partial charge >= 0.3 is 0 Å². The number of hydrogen-bond acceptors (Lipinski definition) is 4. The van der Waals surface area contributed by atoms with Crippen LogP contribution in [0.5, 0.6) is 0 Å². The first-order valence-corrected chi connectivity index (χ1v) is 5.65. The normalized spacial score (nSPS) is 9.92. The van der Waals surface area contributed by atoms with Gasteiger partial charge < -0.3 is 5.32 Å². The van der Waals surface area contributed by atoms with Gasteiger partial charge in [0.15, 0.2) is 0 Å². The lowest BCUT2D eigenvalue weighted by Gasteiger charge is -2.01. The molecule has 0 spiro atoms. The van der Waals surface area contributed by atoms with Crippen molar-refractivity contribution in [2.45, 2.75) is 12.8 Å². The van der Waals surface area contributed by atoms with Gasteiger partial charge in [-0.15, -0.1) is 11.3 Å². The standard InChI is InChI=1S/C8H12N2OS2/c11-8(2-4-12)9-3-1-7-5-13-6-10-7/h5-6,12H,1-4H2,(H,9,11). The van der Waals surface area contributed by atoms with Crippen LogP contribution < -0.4 is 5.32 Å². The van der Waals surface area contributed by atoms with Crippen LogP contribution >= 0.6 is 24.0 Å². The Morgan fingerprint density at radius 1 is 1.69 bits per heavy atom.